The van der Waals surface area contributed by atoms with Crippen molar-refractivity contribution in [3.8, 4) is 0 Å². The number of fused-ring (bicyclic) bond motifs is 3. The molecule has 2 unspecified atom stereocenters. The van der Waals surface area contributed by atoms with Gasteiger partial charge in [0.15, 0.2) is 0 Å². The zero-order valence-corrected chi connectivity index (χ0v) is 15.6. The molecule has 2 saturated heterocycles. The van der Waals surface area contributed by atoms with Crippen LogP contribution in [0.25, 0.3) is 10.9 Å². The number of piperazine rings is 1. The number of carboxylic acid groups (broad SMARTS) is 1. The molecule has 2 fully saturated rings. The van der Waals surface area contributed by atoms with Crippen molar-refractivity contribution in [3.63, 3.8) is 0 Å². The number of aryl methyl sites for hydroxylation is 1. The van der Waals surface area contributed by atoms with Crippen LogP contribution in [0.3, 0.4) is 0 Å². The number of carboxylic acids is 1. The number of halogens is 1. The van der Waals surface area contributed by atoms with Gasteiger partial charge in [0.1, 0.15) is 11.4 Å². The first-order valence-electron chi connectivity index (χ1n) is 9.47. The molecule has 1 N–H and O–H groups in total. The summed E-state index contributed by atoms with van der Waals surface area (Å²) in [7, 11) is 2.14. The van der Waals surface area contributed by atoms with Crippen molar-refractivity contribution in [1.82, 2.24) is 9.47 Å². The van der Waals surface area contributed by atoms with E-state index in [1.807, 2.05) is 6.92 Å². The second kappa shape index (κ2) is 6.64. The minimum Gasteiger partial charge on any atom is -0.477 e. The second-order valence-corrected chi connectivity index (χ2v) is 7.59. The predicted octanol–water partition coefficient (Wildman–Crippen LogP) is 2.53. The Morgan fingerprint density at radius 1 is 1.26 bits per heavy atom. The standard InChI is InChI=1S/C20H24FN3O3/c1-3-23-11-15(20(26)27)19(25)14-7-16(21)18(8-17(14)23)24-9-12-5-4-6-13(10-24)22(12)2/h7-8,11-13H,3-6,9-10H2,1-2H3,(H,26,27). The minimum atomic E-state index is -1.29. The fourth-order valence-corrected chi connectivity index (χ4v) is 4.57. The third-order valence-corrected chi connectivity index (χ3v) is 6.15. The molecule has 2 atom stereocenters. The highest BCUT2D eigenvalue weighted by molar-refractivity contribution is 5.93. The molecule has 6 nitrogen and oxygen atoms in total. The normalized spacial score (nSPS) is 23.0. The SMILES string of the molecule is CCn1cc(C(=O)O)c(=O)c2cc(F)c(N3CC4CCCC(C3)N4C)cc21. The van der Waals surface area contributed by atoms with E-state index in [4.69, 9.17) is 0 Å². The van der Waals surface area contributed by atoms with Crippen LogP contribution >= 0.6 is 0 Å². The van der Waals surface area contributed by atoms with Gasteiger partial charge in [-0.3, -0.25) is 9.69 Å². The molecule has 144 valence electrons. The van der Waals surface area contributed by atoms with E-state index >= 15 is 0 Å². The Morgan fingerprint density at radius 2 is 1.93 bits per heavy atom. The lowest BCUT2D eigenvalue weighted by atomic mass is 9.91. The van der Waals surface area contributed by atoms with E-state index in [0.29, 0.717) is 29.8 Å². The predicted molar refractivity (Wildman–Crippen MR) is 102 cm³/mol. The van der Waals surface area contributed by atoms with Crippen LogP contribution in [0.15, 0.2) is 23.1 Å². The number of pyridine rings is 1. The first-order chi connectivity index (χ1) is 12.9. The van der Waals surface area contributed by atoms with Gasteiger partial charge in [-0.25, -0.2) is 9.18 Å². The van der Waals surface area contributed by atoms with Crippen molar-refractivity contribution >= 4 is 22.6 Å². The average molecular weight is 373 g/mol. The van der Waals surface area contributed by atoms with Gasteiger partial charge in [0.2, 0.25) is 5.43 Å². The molecule has 4 rings (SSSR count). The Labute approximate surface area is 156 Å². The summed E-state index contributed by atoms with van der Waals surface area (Å²) in [5.74, 6) is -1.76. The molecule has 2 aromatic rings. The number of rotatable bonds is 3. The van der Waals surface area contributed by atoms with E-state index in [2.05, 4.69) is 16.8 Å². The highest BCUT2D eigenvalue weighted by atomic mass is 19.1. The molecule has 1 aromatic carbocycles. The van der Waals surface area contributed by atoms with Crippen molar-refractivity contribution in [2.45, 2.75) is 44.8 Å². The van der Waals surface area contributed by atoms with Gasteiger partial charge < -0.3 is 14.6 Å². The van der Waals surface area contributed by atoms with Crippen molar-refractivity contribution in [2.75, 3.05) is 25.0 Å². The summed E-state index contributed by atoms with van der Waals surface area (Å²) in [5.41, 5.74) is 0.110. The number of aromatic carboxylic acids is 1. The van der Waals surface area contributed by atoms with Crippen LogP contribution in [0.4, 0.5) is 10.1 Å². The molecule has 0 aliphatic carbocycles. The van der Waals surface area contributed by atoms with Crippen LogP contribution < -0.4 is 10.3 Å². The van der Waals surface area contributed by atoms with Crippen LogP contribution in [0.1, 0.15) is 36.5 Å². The molecule has 27 heavy (non-hydrogen) atoms. The number of anilines is 1. The minimum absolute atomic E-state index is 0.118. The van der Waals surface area contributed by atoms with Crippen molar-refractivity contribution in [1.29, 1.82) is 0 Å². The van der Waals surface area contributed by atoms with Crippen LogP contribution in [0.2, 0.25) is 0 Å². The van der Waals surface area contributed by atoms with Gasteiger partial charge in [0, 0.05) is 43.3 Å². The second-order valence-electron chi connectivity index (χ2n) is 7.59. The van der Waals surface area contributed by atoms with Crippen LogP contribution in [-0.2, 0) is 6.54 Å². The molecule has 1 aromatic heterocycles. The lowest BCUT2D eigenvalue weighted by molar-refractivity contribution is 0.0695. The van der Waals surface area contributed by atoms with Crippen LogP contribution in [-0.4, -0.2) is 52.8 Å². The van der Waals surface area contributed by atoms with E-state index in [9.17, 15) is 19.1 Å². The summed E-state index contributed by atoms with van der Waals surface area (Å²) < 4.78 is 16.7. The van der Waals surface area contributed by atoms with Gasteiger partial charge in [0.05, 0.1) is 11.2 Å². The van der Waals surface area contributed by atoms with E-state index in [1.165, 1.54) is 18.7 Å². The third kappa shape index (κ3) is 2.90. The van der Waals surface area contributed by atoms with Gasteiger partial charge >= 0.3 is 5.97 Å². The number of carbonyl (C=O) groups is 1. The van der Waals surface area contributed by atoms with E-state index < -0.39 is 17.2 Å². The largest absolute Gasteiger partial charge is 0.477 e. The molecular weight excluding hydrogens is 349 g/mol. The number of benzene rings is 1. The number of hydrogen-bond acceptors (Lipinski definition) is 4. The molecule has 7 heteroatoms. The maximum Gasteiger partial charge on any atom is 0.341 e. The Bertz CT molecular complexity index is 957. The summed E-state index contributed by atoms with van der Waals surface area (Å²) >= 11 is 0. The summed E-state index contributed by atoms with van der Waals surface area (Å²) in [4.78, 5) is 28.3. The molecule has 0 saturated carbocycles. The number of nitrogens with zero attached hydrogens (tertiary/aromatic N) is 3. The van der Waals surface area contributed by atoms with Crippen molar-refractivity contribution < 1.29 is 14.3 Å². The summed E-state index contributed by atoms with van der Waals surface area (Å²) in [5, 5.41) is 9.39. The summed E-state index contributed by atoms with van der Waals surface area (Å²) in [6.07, 6.45) is 4.79. The highest BCUT2D eigenvalue weighted by Crippen LogP contribution is 2.32. The topological polar surface area (TPSA) is 65.8 Å². The van der Waals surface area contributed by atoms with E-state index in [0.717, 1.165) is 25.9 Å². The lowest BCUT2D eigenvalue weighted by Crippen LogP contribution is -2.59. The lowest BCUT2D eigenvalue weighted by Gasteiger charge is -2.49. The van der Waals surface area contributed by atoms with E-state index in [-0.39, 0.29) is 10.9 Å². The molecule has 2 aliphatic heterocycles. The van der Waals surface area contributed by atoms with Gasteiger partial charge in [-0.15, -0.1) is 0 Å². The maximum absolute atomic E-state index is 15.0. The molecule has 0 spiro atoms. The Morgan fingerprint density at radius 3 is 2.52 bits per heavy atom. The molecule has 0 radical (unpaired) electrons. The van der Waals surface area contributed by atoms with Crippen LogP contribution in [0.5, 0.6) is 0 Å². The van der Waals surface area contributed by atoms with Gasteiger partial charge in [-0.1, -0.05) is 6.42 Å². The maximum atomic E-state index is 15.0. The summed E-state index contributed by atoms with van der Waals surface area (Å²) in [6.45, 7) is 3.90. The van der Waals surface area contributed by atoms with Crippen LogP contribution in [0, 0.1) is 5.82 Å². The highest BCUT2D eigenvalue weighted by Gasteiger charge is 2.35. The molecule has 2 bridgehead atoms. The van der Waals surface area contributed by atoms with Gasteiger partial charge in [-0.2, -0.15) is 0 Å². The number of likely N-dealkylation sites (N-methyl/N-ethyl adjacent to an activating group) is 1. The molecular formula is C20H24FN3O3. The quantitative estimate of drug-likeness (QED) is 0.896. The molecule has 3 heterocycles. The number of aromatic nitrogens is 1. The number of piperidine rings is 1. The summed E-state index contributed by atoms with van der Waals surface area (Å²) in [6, 6.07) is 3.74. The monoisotopic (exact) mass is 373 g/mol. The first kappa shape index (κ1) is 18.0. The number of hydrogen-bond donors (Lipinski definition) is 1. The van der Waals surface area contributed by atoms with Gasteiger partial charge in [0.25, 0.3) is 0 Å². The fraction of sp³-hybridized carbons (Fsp3) is 0.500. The van der Waals surface area contributed by atoms with Gasteiger partial charge in [-0.05, 0) is 38.9 Å². The molecule has 0 amide bonds. The average Bonchev–Trinajstić information content (AvgIpc) is 2.62. The smallest absolute Gasteiger partial charge is 0.341 e. The molecule has 2 aliphatic rings. The van der Waals surface area contributed by atoms with E-state index in [1.54, 1.807) is 10.6 Å². The third-order valence-electron chi connectivity index (χ3n) is 6.15. The zero-order chi connectivity index (χ0) is 19.3. The fourth-order valence-electron chi connectivity index (χ4n) is 4.57. The zero-order valence-electron chi connectivity index (χ0n) is 15.6. The Kier molecular flexibility index (Phi) is 4.42. The Hall–Kier alpha value is -2.41. The first-order valence-corrected chi connectivity index (χ1v) is 9.47. The Balaban J connectivity index is 1.83. The van der Waals surface area contributed by atoms with Crippen molar-refractivity contribution in [2.24, 2.45) is 0 Å². The van der Waals surface area contributed by atoms with Crippen molar-refractivity contribution in [3.05, 3.63) is 39.9 Å².